The van der Waals surface area contributed by atoms with Crippen LogP contribution in [0.25, 0.3) is 44.3 Å². The molecule has 0 bridgehead atoms. The molecule has 4 aromatic carbocycles. The van der Waals surface area contributed by atoms with E-state index in [1.54, 1.807) is 0 Å². The van der Waals surface area contributed by atoms with E-state index < -0.39 is 0 Å². The number of hydrogen-bond donors (Lipinski definition) is 1. The minimum absolute atomic E-state index is 0.760. The van der Waals surface area contributed by atoms with Gasteiger partial charge in [0.15, 0.2) is 0 Å². The Morgan fingerprint density at radius 1 is 0.900 bits per heavy atom. The molecule has 0 radical (unpaired) electrons. The number of benzene rings is 4. The van der Waals surface area contributed by atoms with Gasteiger partial charge < -0.3 is 4.42 Å². The third-order valence-corrected chi connectivity index (χ3v) is 7.92. The molecular formula is C37H34N2O. The minimum atomic E-state index is 0.760. The third kappa shape index (κ3) is 4.69. The number of nitrogens with zero attached hydrogens (tertiary/aromatic N) is 1. The van der Waals surface area contributed by atoms with E-state index in [9.17, 15) is 0 Å². The van der Waals surface area contributed by atoms with Crippen molar-refractivity contribution in [2.24, 2.45) is 5.10 Å². The Kier molecular flexibility index (Phi) is 6.96. The zero-order valence-corrected chi connectivity index (χ0v) is 23.4. The summed E-state index contributed by atoms with van der Waals surface area (Å²) in [7, 11) is 0. The van der Waals surface area contributed by atoms with E-state index in [4.69, 9.17) is 9.52 Å². The monoisotopic (exact) mass is 522 g/mol. The molecule has 198 valence electrons. The summed E-state index contributed by atoms with van der Waals surface area (Å²) in [5.41, 5.74) is 16.5. The van der Waals surface area contributed by atoms with E-state index in [2.05, 4.69) is 80.5 Å². The molecule has 1 aliphatic carbocycles. The molecule has 0 saturated heterocycles. The summed E-state index contributed by atoms with van der Waals surface area (Å²) >= 11 is 0. The summed E-state index contributed by atoms with van der Waals surface area (Å²) in [5, 5.41) is 6.93. The van der Waals surface area contributed by atoms with E-state index in [0.29, 0.717) is 0 Å². The van der Waals surface area contributed by atoms with Crippen LogP contribution < -0.4 is 5.43 Å². The highest BCUT2D eigenvalue weighted by Crippen LogP contribution is 2.40. The summed E-state index contributed by atoms with van der Waals surface area (Å²) in [4.78, 5) is 0. The van der Waals surface area contributed by atoms with Crippen molar-refractivity contribution in [3.05, 3.63) is 131 Å². The van der Waals surface area contributed by atoms with Gasteiger partial charge in [-0.1, -0.05) is 92.4 Å². The van der Waals surface area contributed by atoms with Crippen LogP contribution in [0.2, 0.25) is 0 Å². The smallest absolute Gasteiger partial charge is 0.136 e. The van der Waals surface area contributed by atoms with E-state index >= 15 is 0 Å². The fourth-order valence-corrected chi connectivity index (χ4v) is 5.79. The van der Waals surface area contributed by atoms with E-state index in [1.165, 1.54) is 33.4 Å². The minimum Gasteiger partial charge on any atom is -0.456 e. The van der Waals surface area contributed by atoms with Crippen molar-refractivity contribution in [1.82, 2.24) is 5.43 Å². The molecule has 1 N–H and O–H groups in total. The van der Waals surface area contributed by atoms with Crippen molar-refractivity contribution in [2.75, 3.05) is 0 Å². The van der Waals surface area contributed by atoms with Crippen LogP contribution in [0.15, 0.2) is 119 Å². The Labute approximate surface area is 236 Å². The normalized spacial score (nSPS) is 13.8. The molecule has 0 atom stereocenters. The molecule has 1 aliphatic rings. The van der Waals surface area contributed by atoms with Crippen LogP contribution in [0.4, 0.5) is 0 Å². The lowest BCUT2D eigenvalue weighted by Gasteiger charge is -2.18. The van der Waals surface area contributed by atoms with Gasteiger partial charge in [0, 0.05) is 16.3 Å². The van der Waals surface area contributed by atoms with Crippen LogP contribution in [0.5, 0.6) is 0 Å². The van der Waals surface area contributed by atoms with E-state index in [1.807, 2.05) is 49.4 Å². The van der Waals surface area contributed by atoms with Crippen LogP contribution in [0.3, 0.4) is 0 Å². The molecule has 40 heavy (non-hydrogen) atoms. The van der Waals surface area contributed by atoms with Crippen molar-refractivity contribution >= 4 is 38.9 Å². The lowest BCUT2D eigenvalue weighted by molar-refractivity contribution is 0.669. The molecule has 0 amide bonds. The van der Waals surface area contributed by atoms with Crippen molar-refractivity contribution < 1.29 is 4.42 Å². The fraction of sp³-hybridized carbons (Fsp3) is 0.162. The van der Waals surface area contributed by atoms with Gasteiger partial charge in [0.25, 0.3) is 0 Å². The number of nitrogens with one attached hydrogen (secondary N) is 1. The summed E-state index contributed by atoms with van der Waals surface area (Å²) in [6.07, 6.45) is 7.73. The largest absolute Gasteiger partial charge is 0.456 e. The molecule has 1 aromatic heterocycles. The summed E-state index contributed by atoms with van der Waals surface area (Å²) < 4.78 is 6.40. The molecule has 3 heteroatoms. The third-order valence-electron chi connectivity index (χ3n) is 7.92. The van der Waals surface area contributed by atoms with Gasteiger partial charge in [-0.2, -0.15) is 5.10 Å². The van der Waals surface area contributed by atoms with Gasteiger partial charge in [-0.25, -0.2) is 0 Å². The Balaban J connectivity index is 1.49. The van der Waals surface area contributed by atoms with Crippen molar-refractivity contribution in [3.63, 3.8) is 0 Å². The first kappa shape index (κ1) is 25.6. The van der Waals surface area contributed by atoms with Gasteiger partial charge in [-0.05, 0) is 90.3 Å². The average molecular weight is 523 g/mol. The quantitative estimate of drug-likeness (QED) is 0.171. The lowest BCUT2D eigenvalue weighted by atomic mass is 9.86. The van der Waals surface area contributed by atoms with Crippen LogP contribution in [-0.2, 0) is 6.42 Å². The topological polar surface area (TPSA) is 37.5 Å². The number of allylic oxidation sites excluding steroid dienone is 4. The highest BCUT2D eigenvalue weighted by atomic mass is 16.3. The first-order valence-electron chi connectivity index (χ1n) is 14.0. The SMILES string of the molecule is C=C(N/N=C(\C)c1cccc2oc3cccc(-c4ccc(CC)c(C5=C(C)C=CCC5)c4)c3c12)c1ccccc1. The standard InChI is InChI=1S/C37H34N2O/c1-5-27-21-22-29(23-33(27)30-16-10-9-13-24(30)2)32-18-12-20-35-37(32)36-31(17-11-19-34(36)40-35)26(4)39-38-25(3)28-14-7-6-8-15-28/h6-9,11-15,17-23,38H,3,5,10,16H2,1-2,4H3/b39-26+. The lowest BCUT2D eigenvalue weighted by Crippen LogP contribution is -2.08. The molecule has 5 aromatic rings. The molecule has 0 saturated carbocycles. The van der Waals surface area contributed by atoms with Crippen LogP contribution >= 0.6 is 0 Å². The number of rotatable bonds is 7. The molecule has 0 unspecified atom stereocenters. The van der Waals surface area contributed by atoms with Crippen molar-refractivity contribution in [3.8, 4) is 11.1 Å². The van der Waals surface area contributed by atoms with Crippen LogP contribution in [0.1, 0.15) is 55.9 Å². The molecule has 0 fully saturated rings. The van der Waals surface area contributed by atoms with Gasteiger partial charge >= 0.3 is 0 Å². The summed E-state index contributed by atoms with van der Waals surface area (Å²) in [5.74, 6) is 0. The molecule has 0 spiro atoms. The van der Waals surface area contributed by atoms with E-state index in [-0.39, 0.29) is 0 Å². The van der Waals surface area contributed by atoms with Gasteiger partial charge in [-0.3, -0.25) is 5.43 Å². The highest BCUT2D eigenvalue weighted by Gasteiger charge is 2.19. The van der Waals surface area contributed by atoms with Gasteiger partial charge in [0.05, 0.1) is 11.4 Å². The summed E-state index contributed by atoms with van der Waals surface area (Å²) in [6, 6.07) is 29.6. The van der Waals surface area contributed by atoms with E-state index in [0.717, 1.165) is 63.7 Å². The number of aryl methyl sites for hydroxylation is 1. The second-order valence-corrected chi connectivity index (χ2v) is 10.4. The Hall–Kier alpha value is -4.63. The molecule has 0 aliphatic heterocycles. The fourth-order valence-electron chi connectivity index (χ4n) is 5.79. The molecular weight excluding hydrogens is 488 g/mol. The van der Waals surface area contributed by atoms with Crippen molar-refractivity contribution in [1.29, 1.82) is 0 Å². The van der Waals surface area contributed by atoms with Gasteiger partial charge in [-0.15, -0.1) is 0 Å². The Bertz CT molecular complexity index is 1830. The number of hydrazone groups is 1. The Morgan fingerprint density at radius 2 is 1.68 bits per heavy atom. The maximum Gasteiger partial charge on any atom is 0.136 e. The highest BCUT2D eigenvalue weighted by molar-refractivity contribution is 6.21. The maximum atomic E-state index is 6.40. The van der Waals surface area contributed by atoms with Gasteiger partial charge in [0.2, 0.25) is 0 Å². The average Bonchev–Trinajstić information content (AvgIpc) is 3.39. The molecule has 1 heterocycles. The Morgan fingerprint density at radius 3 is 2.45 bits per heavy atom. The first-order chi connectivity index (χ1) is 19.5. The number of hydrogen-bond acceptors (Lipinski definition) is 3. The van der Waals surface area contributed by atoms with Gasteiger partial charge in [0.1, 0.15) is 11.2 Å². The predicted octanol–water partition coefficient (Wildman–Crippen LogP) is 9.92. The summed E-state index contributed by atoms with van der Waals surface area (Å²) in [6.45, 7) is 10.7. The maximum absolute atomic E-state index is 6.40. The zero-order chi connectivity index (χ0) is 27.6. The second kappa shape index (κ2) is 10.9. The predicted molar refractivity (Wildman–Crippen MR) is 170 cm³/mol. The zero-order valence-electron chi connectivity index (χ0n) is 23.4. The second-order valence-electron chi connectivity index (χ2n) is 10.4. The van der Waals surface area contributed by atoms with Crippen molar-refractivity contribution in [2.45, 2.75) is 40.0 Å². The number of furan rings is 1. The number of fused-ring (bicyclic) bond motifs is 3. The molecule has 6 rings (SSSR count). The molecule has 3 nitrogen and oxygen atoms in total. The van der Waals surface area contributed by atoms with Crippen LogP contribution in [0, 0.1) is 0 Å². The van der Waals surface area contributed by atoms with Crippen LogP contribution in [-0.4, -0.2) is 5.71 Å². The first-order valence-corrected chi connectivity index (χ1v) is 14.0.